The van der Waals surface area contributed by atoms with E-state index in [-0.39, 0.29) is 0 Å². The molecular formula is C41H26S. The molecule has 0 amide bonds. The fourth-order valence-electron chi connectivity index (χ4n) is 7.74. The summed E-state index contributed by atoms with van der Waals surface area (Å²) in [6, 6.07) is 47.6. The Hall–Kier alpha value is -4.85. The minimum absolute atomic E-state index is 0.412. The molecule has 0 fully saturated rings. The number of hydrogen-bond donors (Lipinski definition) is 0. The first kappa shape index (κ1) is 23.8. The number of fused-ring (bicyclic) bond motifs is 9. The van der Waals surface area contributed by atoms with Crippen molar-refractivity contribution in [3.8, 4) is 22.3 Å². The van der Waals surface area contributed by atoms with E-state index in [4.69, 9.17) is 0 Å². The van der Waals surface area contributed by atoms with Crippen molar-refractivity contribution in [3.63, 3.8) is 0 Å². The van der Waals surface area contributed by atoms with Crippen molar-refractivity contribution in [2.45, 2.75) is 15.2 Å². The van der Waals surface area contributed by atoms with Crippen molar-refractivity contribution in [3.05, 3.63) is 180 Å². The van der Waals surface area contributed by atoms with Crippen LogP contribution in [0.15, 0.2) is 162 Å². The van der Waals surface area contributed by atoms with E-state index in [1.54, 1.807) is 0 Å². The highest BCUT2D eigenvalue weighted by Gasteiger charge is 2.52. The van der Waals surface area contributed by atoms with Crippen LogP contribution in [-0.2, 0) is 5.41 Å². The van der Waals surface area contributed by atoms with E-state index >= 15 is 0 Å². The predicted octanol–water partition coefficient (Wildman–Crippen LogP) is 11.0. The molecule has 3 aliphatic rings. The Morgan fingerprint density at radius 3 is 1.88 bits per heavy atom. The fourth-order valence-corrected chi connectivity index (χ4v) is 8.87. The van der Waals surface area contributed by atoms with Crippen LogP contribution >= 0.6 is 11.8 Å². The summed E-state index contributed by atoms with van der Waals surface area (Å²) < 4.78 is 0. The molecule has 0 saturated heterocycles. The molecule has 0 aromatic heterocycles. The van der Waals surface area contributed by atoms with Gasteiger partial charge in [0.1, 0.15) is 0 Å². The molecule has 0 radical (unpaired) electrons. The van der Waals surface area contributed by atoms with Crippen LogP contribution in [0, 0.1) is 0 Å². The average molecular weight is 551 g/mol. The molecule has 0 N–H and O–H groups in total. The molecule has 196 valence electrons. The van der Waals surface area contributed by atoms with Gasteiger partial charge in [0.15, 0.2) is 0 Å². The van der Waals surface area contributed by atoms with Gasteiger partial charge in [-0.2, -0.15) is 0 Å². The van der Waals surface area contributed by atoms with Crippen LogP contribution in [0.2, 0.25) is 0 Å². The maximum Gasteiger partial charge on any atom is 0.0731 e. The summed E-state index contributed by atoms with van der Waals surface area (Å²) in [5.41, 5.74) is 14.1. The van der Waals surface area contributed by atoms with E-state index in [9.17, 15) is 0 Å². The molecule has 9 rings (SSSR count). The number of rotatable bonds is 3. The highest BCUT2D eigenvalue weighted by atomic mass is 32.2. The zero-order chi connectivity index (χ0) is 27.8. The topological polar surface area (TPSA) is 0 Å². The van der Waals surface area contributed by atoms with Gasteiger partial charge in [-0.1, -0.05) is 146 Å². The van der Waals surface area contributed by atoms with Gasteiger partial charge in [0.2, 0.25) is 0 Å². The van der Waals surface area contributed by atoms with Gasteiger partial charge < -0.3 is 0 Å². The molecule has 0 bridgehead atoms. The van der Waals surface area contributed by atoms with E-state index in [0.717, 1.165) is 0 Å². The van der Waals surface area contributed by atoms with Crippen LogP contribution < -0.4 is 0 Å². The second-order valence-corrected chi connectivity index (χ2v) is 12.3. The molecule has 6 aromatic carbocycles. The molecule has 1 heterocycles. The van der Waals surface area contributed by atoms with Crippen LogP contribution in [0.4, 0.5) is 0 Å². The van der Waals surface area contributed by atoms with Gasteiger partial charge in [0, 0.05) is 15.2 Å². The van der Waals surface area contributed by atoms with E-state index in [0.29, 0.717) is 0 Å². The molecule has 0 unspecified atom stereocenters. The third kappa shape index (κ3) is 2.99. The maximum atomic E-state index is 4.02. The second kappa shape index (κ2) is 8.82. The van der Waals surface area contributed by atoms with Crippen molar-refractivity contribution < 1.29 is 0 Å². The second-order valence-electron chi connectivity index (χ2n) is 11.2. The molecule has 0 saturated carbocycles. The zero-order valence-electron chi connectivity index (χ0n) is 23.0. The van der Waals surface area contributed by atoms with Crippen molar-refractivity contribution in [1.82, 2.24) is 0 Å². The SMILES string of the molecule is C=C/C=C\C1=C(c2ccc3c(c2)-c2cccc4cccc(c24)S3)C2(c3ccccc31)c1ccccc1-c1ccccc12. The largest absolute Gasteiger partial charge is 0.0991 e. The van der Waals surface area contributed by atoms with Crippen molar-refractivity contribution in [1.29, 1.82) is 0 Å². The highest BCUT2D eigenvalue weighted by molar-refractivity contribution is 7.99. The first-order valence-electron chi connectivity index (χ1n) is 14.5. The van der Waals surface area contributed by atoms with Crippen LogP contribution in [-0.4, -0.2) is 0 Å². The van der Waals surface area contributed by atoms with Gasteiger partial charge >= 0.3 is 0 Å². The van der Waals surface area contributed by atoms with Gasteiger partial charge in [0.05, 0.1) is 5.41 Å². The fraction of sp³-hybridized carbons (Fsp3) is 0.0244. The van der Waals surface area contributed by atoms with Gasteiger partial charge in [0.25, 0.3) is 0 Å². The zero-order valence-corrected chi connectivity index (χ0v) is 23.8. The first-order valence-corrected chi connectivity index (χ1v) is 15.3. The molecule has 1 aliphatic heterocycles. The lowest BCUT2D eigenvalue weighted by Crippen LogP contribution is -2.26. The van der Waals surface area contributed by atoms with Crippen molar-refractivity contribution >= 4 is 33.7 Å². The van der Waals surface area contributed by atoms with Gasteiger partial charge in [-0.15, -0.1) is 0 Å². The smallest absolute Gasteiger partial charge is 0.0731 e. The lowest BCUT2D eigenvalue weighted by Gasteiger charge is -2.33. The molecular weight excluding hydrogens is 525 g/mol. The van der Waals surface area contributed by atoms with Crippen LogP contribution in [0.3, 0.4) is 0 Å². The quantitative estimate of drug-likeness (QED) is 0.197. The Bertz CT molecular complexity index is 2140. The van der Waals surface area contributed by atoms with E-state index in [1.807, 2.05) is 17.8 Å². The van der Waals surface area contributed by atoms with E-state index < -0.39 is 5.41 Å². The summed E-state index contributed by atoms with van der Waals surface area (Å²) >= 11 is 1.89. The Kier molecular flexibility index (Phi) is 5.00. The number of hydrogen-bond acceptors (Lipinski definition) is 1. The Morgan fingerprint density at radius 1 is 0.548 bits per heavy atom. The molecule has 1 heteroatoms. The molecule has 42 heavy (non-hydrogen) atoms. The lowest BCUT2D eigenvalue weighted by atomic mass is 9.67. The first-order chi connectivity index (χ1) is 20.8. The minimum Gasteiger partial charge on any atom is -0.0991 e. The van der Waals surface area contributed by atoms with E-state index in [1.165, 1.54) is 81.8 Å². The number of benzene rings is 6. The monoisotopic (exact) mass is 550 g/mol. The van der Waals surface area contributed by atoms with E-state index in [2.05, 4.69) is 146 Å². The summed E-state index contributed by atoms with van der Waals surface area (Å²) in [6.07, 6.45) is 6.24. The average Bonchev–Trinajstić information content (AvgIpc) is 3.51. The Balaban J connectivity index is 1.41. The predicted molar refractivity (Wildman–Crippen MR) is 178 cm³/mol. The molecule has 6 aromatic rings. The summed E-state index contributed by atoms with van der Waals surface area (Å²) in [5, 5.41) is 2.65. The summed E-state index contributed by atoms with van der Waals surface area (Å²) in [7, 11) is 0. The normalized spacial score (nSPS) is 15.1. The molecule has 0 nitrogen and oxygen atoms in total. The summed E-state index contributed by atoms with van der Waals surface area (Å²) in [6.45, 7) is 4.02. The summed E-state index contributed by atoms with van der Waals surface area (Å²) in [5.74, 6) is 0. The summed E-state index contributed by atoms with van der Waals surface area (Å²) in [4.78, 5) is 2.64. The maximum absolute atomic E-state index is 4.02. The standard InChI is InChI=1S/C41H26S/c1-2-3-14-32-30-17-6-9-21-36(30)41(34-19-7-4-15-28(34)29-16-5-8-20-35(29)41)40(32)27-23-24-37-33(25-27)31-18-10-12-26-13-11-22-38(42-37)39(26)31/h2-25H,1H2/b14-3-. The minimum atomic E-state index is -0.412. The van der Waals surface area contributed by atoms with Gasteiger partial charge in [-0.05, 0) is 84.8 Å². The number of allylic oxidation sites excluding steroid dienone is 5. The highest BCUT2D eigenvalue weighted by Crippen LogP contribution is 2.65. The van der Waals surface area contributed by atoms with Crippen molar-refractivity contribution in [2.24, 2.45) is 0 Å². The molecule has 0 atom stereocenters. The Morgan fingerprint density at radius 2 is 1.17 bits per heavy atom. The van der Waals surface area contributed by atoms with Crippen LogP contribution in [0.25, 0.3) is 44.2 Å². The molecule has 1 spiro atoms. The van der Waals surface area contributed by atoms with Crippen LogP contribution in [0.1, 0.15) is 27.8 Å². The third-order valence-electron chi connectivity index (χ3n) is 9.26. The van der Waals surface area contributed by atoms with Crippen LogP contribution in [0.5, 0.6) is 0 Å². The lowest BCUT2D eigenvalue weighted by molar-refractivity contribution is 0.842. The Labute approximate surface area is 250 Å². The van der Waals surface area contributed by atoms with Gasteiger partial charge in [-0.25, -0.2) is 0 Å². The molecule has 2 aliphatic carbocycles. The van der Waals surface area contributed by atoms with Crippen molar-refractivity contribution in [2.75, 3.05) is 0 Å². The van der Waals surface area contributed by atoms with Gasteiger partial charge in [-0.3, -0.25) is 0 Å². The third-order valence-corrected chi connectivity index (χ3v) is 10.4.